The SMILES string of the molecule is CB(C#N)CC(O)C(=NCCOSI)c1ccccc1N. The molecule has 1 atom stereocenters. The van der Waals surface area contributed by atoms with Gasteiger partial charge in [-0.2, -0.15) is 0 Å². The van der Waals surface area contributed by atoms with Crippen LogP contribution in [0.15, 0.2) is 29.3 Å². The van der Waals surface area contributed by atoms with Crippen molar-refractivity contribution in [3.63, 3.8) is 0 Å². The number of aliphatic hydroxyl groups is 1. The van der Waals surface area contributed by atoms with Gasteiger partial charge in [-0.05, 0) is 12.4 Å². The van der Waals surface area contributed by atoms with Gasteiger partial charge in [0.05, 0.1) is 34.2 Å². The Morgan fingerprint density at radius 3 is 2.95 bits per heavy atom. The van der Waals surface area contributed by atoms with Crippen molar-refractivity contribution >= 4 is 48.5 Å². The highest BCUT2D eigenvalue weighted by molar-refractivity contribution is 14.2. The van der Waals surface area contributed by atoms with Gasteiger partial charge in [-0.1, -0.05) is 25.0 Å². The average molecular weight is 417 g/mol. The zero-order valence-electron chi connectivity index (χ0n) is 11.7. The zero-order chi connectivity index (χ0) is 15.7. The van der Waals surface area contributed by atoms with Crippen LogP contribution in [0.1, 0.15) is 5.56 Å². The molecular formula is C13H17BIN3O2S. The number of hydrogen-bond acceptors (Lipinski definition) is 6. The number of nitrogen functional groups attached to an aromatic ring is 1. The highest BCUT2D eigenvalue weighted by Crippen LogP contribution is 2.17. The van der Waals surface area contributed by atoms with Crippen molar-refractivity contribution in [3.05, 3.63) is 29.8 Å². The first-order valence-corrected chi connectivity index (χ1v) is 9.75. The van der Waals surface area contributed by atoms with E-state index < -0.39 is 6.10 Å². The molecule has 0 radical (unpaired) electrons. The average Bonchev–Trinajstić information content (AvgIpc) is 2.48. The third kappa shape index (κ3) is 6.26. The standard InChI is InChI=1S/C13H17BIN3O2S/c1-14(9-16)8-12(19)13(18-6-7-20-21-15)10-4-2-3-5-11(10)17/h2-5,12,19H,6-8,17H2,1H3. The summed E-state index contributed by atoms with van der Waals surface area (Å²) in [5.74, 6) is 2.12. The molecule has 0 aliphatic rings. The molecule has 0 aromatic heterocycles. The van der Waals surface area contributed by atoms with E-state index in [1.54, 1.807) is 12.9 Å². The van der Waals surface area contributed by atoms with Crippen LogP contribution in [0.2, 0.25) is 13.1 Å². The van der Waals surface area contributed by atoms with Gasteiger partial charge in [-0.25, -0.2) is 5.26 Å². The fraction of sp³-hybridized carbons (Fsp3) is 0.385. The maximum atomic E-state index is 10.4. The molecular weight excluding hydrogens is 400 g/mol. The lowest BCUT2D eigenvalue weighted by atomic mass is 9.50. The van der Waals surface area contributed by atoms with E-state index in [0.29, 0.717) is 36.4 Å². The van der Waals surface area contributed by atoms with Gasteiger partial charge in [0, 0.05) is 38.4 Å². The Morgan fingerprint density at radius 2 is 2.33 bits per heavy atom. The lowest BCUT2D eigenvalue weighted by Crippen LogP contribution is -2.27. The van der Waals surface area contributed by atoms with Gasteiger partial charge in [0.1, 0.15) is 0 Å². The van der Waals surface area contributed by atoms with E-state index in [-0.39, 0.29) is 6.71 Å². The molecule has 0 aliphatic carbocycles. The number of nitriles is 1. The predicted octanol–water partition coefficient (Wildman–Crippen LogP) is 2.62. The molecule has 1 unspecified atom stereocenters. The molecule has 0 amide bonds. The van der Waals surface area contributed by atoms with E-state index in [1.807, 2.05) is 39.4 Å². The molecule has 1 aromatic carbocycles. The number of nitrogens with two attached hydrogens (primary N) is 1. The number of aliphatic hydroxyl groups excluding tert-OH is 1. The summed E-state index contributed by atoms with van der Waals surface area (Å²) in [7, 11) is 1.25. The maximum Gasteiger partial charge on any atom is 0.267 e. The molecule has 21 heavy (non-hydrogen) atoms. The Bertz CT molecular complexity index is 524. The van der Waals surface area contributed by atoms with Gasteiger partial charge in [0.15, 0.2) is 0 Å². The van der Waals surface area contributed by atoms with Gasteiger partial charge in [0.2, 0.25) is 0 Å². The number of nitrogens with zero attached hydrogens (tertiary/aromatic N) is 2. The van der Waals surface area contributed by atoms with Crippen molar-refractivity contribution in [2.45, 2.75) is 19.2 Å². The lowest BCUT2D eigenvalue weighted by molar-refractivity contribution is 0.261. The second-order valence-corrected chi connectivity index (χ2v) is 5.96. The predicted molar refractivity (Wildman–Crippen MR) is 97.9 cm³/mol. The van der Waals surface area contributed by atoms with E-state index in [0.717, 1.165) is 0 Å². The minimum Gasteiger partial charge on any atom is -0.398 e. The molecule has 0 aliphatic heterocycles. The van der Waals surface area contributed by atoms with E-state index >= 15 is 0 Å². The number of para-hydroxylation sites is 1. The first kappa shape index (κ1) is 18.3. The number of hydrogen-bond donors (Lipinski definition) is 2. The van der Waals surface area contributed by atoms with Crippen LogP contribution in [-0.2, 0) is 4.18 Å². The second-order valence-electron chi connectivity index (χ2n) is 4.52. The van der Waals surface area contributed by atoms with Crippen LogP contribution in [0, 0.1) is 11.2 Å². The molecule has 8 heteroatoms. The number of aliphatic imine (C=N–C) groups is 1. The van der Waals surface area contributed by atoms with E-state index in [1.165, 1.54) is 9.21 Å². The normalized spacial score (nSPS) is 12.8. The third-order valence-corrected chi connectivity index (χ3v) is 3.87. The Kier molecular flexibility index (Phi) is 8.76. The first-order chi connectivity index (χ1) is 10.1. The first-order valence-electron chi connectivity index (χ1n) is 6.47. The topological polar surface area (TPSA) is 91.6 Å². The highest BCUT2D eigenvalue weighted by atomic mass is 127. The monoisotopic (exact) mass is 417 g/mol. The summed E-state index contributed by atoms with van der Waals surface area (Å²) in [5.41, 5.74) is 7.74. The van der Waals surface area contributed by atoms with Gasteiger partial charge < -0.3 is 15.0 Å². The van der Waals surface area contributed by atoms with Crippen molar-refractivity contribution in [1.29, 1.82) is 5.26 Å². The summed E-state index contributed by atoms with van der Waals surface area (Å²) in [6.45, 7) is 2.39. The Labute approximate surface area is 141 Å². The maximum absolute atomic E-state index is 10.4. The van der Waals surface area contributed by atoms with Gasteiger partial charge >= 0.3 is 0 Å². The van der Waals surface area contributed by atoms with E-state index in [4.69, 9.17) is 15.2 Å². The molecule has 3 N–H and O–H groups in total. The summed E-state index contributed by atoms with van der Waals surface area (Å²) in [6, 6.07) is 7.26. The Balaban J connectivity index is 2.95. The van der Waals surface area contributed by atoms with Crippen LogP contribution in [0.3, 0.4) is 0 Å². The summed E-state index contributed by atoms with van der Waals surface area (Å²) < 4.78 is 5.16. The Hall–Kier alpha value is -0.755. The lowest BCUT2D eigenvalue weighted by Gasteiger charge is -2.16. The number of benzene rings is 1. The minimum atomic E-state index is -0.823. The van der Waals surface area contributed by atoms with Crippen molar-refractivity contribution in [2.24, 2.45) is 4.99 Å². The number of anilines is 1. The fourth-order valence-electron chi connectivity index (χ4n) is 1.83. The van der Waals surface area contributed by atoms with Crippen molar-refractivity contribution < 1.29 is 9.29 Å². The third-order valence-electron chi connectivity index (χ3n) is 2.85. The molecule has 1 rings (SSSR count). The molecule has 5 nitrogen and oxygen atoms in total. The Morgan fingerprint density at radius 1 is 1.62 bits per heavy atom. The number of rotatable bonds is 8. The van der Waals surface area contributed by atoms with Crippen LogP contribution in [0.5, 0.6) is 0 Å². The molecule has 0 spiro atoms. The molecule has 0 heterocycles. The van der Waals surface area contributed by atoms with E-state index in [2.05, 4.69) is 11.0 Å². The fourth-order valence-corrected chi connectivity index (χ4v) is 2.51. The van der Waals surface area contributed by atoms with E-state index in [9.17, 15) is 5.11 Å². The van der Waals surface area contributed by atoms with Crippen molar-refractivity contribution in [2.75, 3.05) is 18.9 Å². The molecule has 112 valence electrons. The molecule has 0 saturated heterocycles. The van der Waals surface area contributed by atoms with Gasteiger partial charge in [-0.15, -0.1) is 0 Å². The summed E-state index contributed by atoms with van der Waals surface area (Å²) in [6.07, 6.45) is -0.498. The summed E-state index contributed by atoms with van der Waals surface area (Å²) >= 11 is 2.04. The van der Waals surface area contributed by atoms with Crippen LogP contribution >= 0.6 is 30.4 Å². The summed E-state index contributed by atoms with van der Waals surface area (Å²) in [5, 5.41) is 19.2. The largest absolute Gasteiger partial charge is 0.398 e. The van der Waals surface area contributed by atoms with Crippen LogP contribution < -0.4 is 5.73 Å². The van der Waals surface area contributed by atoms with Crippen LogP contribution in [0.25, 0.3) is 0 Å². The van der Waals surface area contributed by atoms with Gasteiger partial charge in [0.25, 0.3) is 6.71 Å². The molecule has 1 aromatic rings. The molecule has 0 bridgehead atoms. The van der Waals surface area contributed by atoms with Crippen molar-refractivity contribution in [3.8, 4) is 5.97 Å². The van der Waals surface area contributed by atoms with Crippen LogP contribution in [0.4, 0.5) is 5.69 Å². The smallest absolute Gasteiger partial charge is 0.267 e. The molecule has 0 fully saturated rings. The number of halogens is 1. The summed E-state index contributed by atoms with van der Waals surface area (Å²) in [4.78, 5) is 4.42. The quantitative estimate of drug-likeness (QED) is 0.170. The second kappa shape index (κ2) is 10.1. The highest BCUT2D eigenvalue weighted by Gasteiger charge is 2.21. The molecule has 0 saturated carbocycles. The van der Waals surface area contributed by atoms with Gasteiger partial charge in [-0.3, -0.25) is 4.99 Å². The zero-order valence-corrected chi connectivity index (χ0v) is 14.7. The minimum absolute atomic E-state index is 0.253. The van der Waals surface area contributed by atoms with Crippen LogP contribution in [-0.4, -0.2) is 36.8 Å². The van der Waals surface area contributed by atoms with Crippen molar-refractivity contribution in [1.82, 2.24) is 0 Å².